The number of nitrogens with zero attached hydrogens (tertiary/aromatic N) is 3. The number of alkyl halides is 3. The summed E-state index contributed by atoms with van der Waals surface area (Å²) in [4.78, 5) is 24.1. The van der Waals surface area contributed by atoms with Crippen molar-refractivity contribution in [1.29, 1.82) is 0 Å². The van der Waals surface area contributed by atoms with E-state index in [1.165, 1.54) is 12.1 Å². The third-order valence-electron chi connectivity index (χ3n) is 3.68. The number of aryl methyl sites for hydroxylation is 1. The number of aromatic amines is 1. The Morgan fingerprint density at radius 2 is 2.17 bits per heavy atom. The molecule has 6 nitrogen and oxygen atoms in total. The van der Waals surface area contributed by atoms with Crippen molar-refractivity contribution in [2.45, 2.75) is 19.2 Å². The van der Waals surface area contributed by atoms with Gasteiger partial charge in [0.15, 0.2) is 0 Å². The predicted octanol–water partition coefficient (Wildman–Crippen LogP) is 2.07. The largest absolute Gasteiger partial charge is 0.417 e. The van der Waals surface area contributed by atoms with E-state index in [4.69, 9.17) is 4.74 Å². The average Bonchev–Trinajstić information content (AvgIpc) is 2.53. The van der Waals surface area contributed by atoms with Gasteiger partial charge in [-0.2, -0.15) is 13.2 Å². The summed E-state index contributed by atoms with van der Waals surface area (Å²) in [5.41, 5.74) is -0.568. The van der Waals surface area contributed by atoms with Gasteiger partial charge in [0, 0.05) is 18.8 Å². The van der Waals surface area contributed by atoms with Crippen LogP contribution in [0.4, 0.5) is 19.0 Å². The Kier molecular flexibility index (Phi) is 4.27. The molecule has 0 aliphatic carbocycles. The highest BCUT2D eigenvalue weighted by atomic mass is 19.4. The van der Waals surface area contributed by atoms with Crippen molar-refractivity contribution in [3.8, 4) is 0 Å². The van der Waals surface area contributed by atoms with Crippen LogP contribution in [-0.4, -0.2) is 34.6 Å². The van der Waals surface area contributed by atoms with E-state index in [0.29, 0.717) is 37.0 Å². The topological polar surface area (TPSA) is 71.1 Å². The smallest absolute Gasteiger partial charge is 0.368 e. The number of halogens is 3. The predicted molar refractivity (Wildman–Crippen MR) is 79.7 cm³/mol. The number of anilines is 1. The molecule has 2 aromatic rings. The highest BCUT2D eigenvalue weighted by Crippen LogP contribution is 2.30. The lowest BCUT2D eigenvalue weighted by Crippen LogP contribution is -2.39. The Morgan fingerprint density at radius 3 is 2.79 bits per heavy atom. The number of nitrogens with one attached hydrogen (secondary N) is 1. The zero-order valence-electron chi connectivity index (χ0n) is 12.8. The number of morpholine rings is 1. The summed E-state index contributed by atoms with van der Waals surface area (Å²) in [6.45, 7) is 2.88. The van der Waals surface area contributed by atoms with Crippen LogP contribution in [0.1, 0.15) is 23.2 Å². The first kappa shape index (κ1) is 16.4. The van der Waals surface area contributed by atoms with Crippen LogP contribution < -0.4 is 10.5 Å². The van der Waals surface area contributed by atoms with Gasteiger partial charge >= 0.3 is 6.18 Å². The molecule has 1 unspecified atom stereocenters. The van der Waals surface area contributed by atoms with E-state index in [0.717, 1.165) is 12.3 Å². The van der Waals surface area contributed by atoms with Crippen molar-refractivity contribution >= 4 is 5.82 Å². The van der Waals surface area contributed by atoms with Gasteiger partial charge in [-0.15, -0.1) is 0 Å². The van der Waals surface area contributed by atoms with E-state index >= 15 is 0 Å². The minimum absolute atomic E-state index is 0.272. The molecule has 0 amide bonds. The maximum absolute atomic E-state index is 12.6. The highest BCUT2D eigenvalue weighted by Gasteiger charge is 2.31. The zero-order chi connectivity index (χ0) is 17.3. The number of H-pyrrole nitrogens is 1. The monoisotopic (exact) mass is 340 g/mol. The molecule has 1 N–H and O–H groups in total. The Morgan fingerprint density at radius 1 is 1.38 bits per heavy atom. The second-order valence-electron chi connectivity index (χ2n) is 5.46. The normalized spacial score (nSPS) is 18.7. The van der Waals surface area contributed by atoms with Crippen molar-refractivity contribution in [3.63, 3.8) is 0 Å². The van der Waals surface area contributed by atoms with Crippen LogP contribution in [0.2, 0.25) is 0 Å². The van der Waals surface area contributed by atoms with Gasteiger partial charge in [0.2, 0.25) is 0 Å². The zero-order valence-corrected chi connectivity index (χ0v) is 12.8. The molecule has 1 atom stereocenters. The van der Waals surface area contributed by atoms with Gasteiger partial charge in [-0.25, -0.2) is 9.97 Å². The van der Waals surface area contributed by atoms with Crippen LogP contribution in [0.3, 0.4) is 0 Å². The fourth-order valence-corrected chi connectivity index (χ4v) is 2.54. The average molecular weight is 340 g/mol. The molecule has 2 aromatic heterocycles. The molecule has 128 valence electrons. The van der Waals surface area contributed by atoms with Gasteiger partial charge in [-0.3, -0.25) is 4.79 Å². The van der Waals surface area contributed by atoms with Crippen LogP contribution in [0.25, 0.3) is 0 Å². The van der Waals surface area contributed by atoms with E-state index in [1.807, 2.05) is 4.90 Å². The Labute approximate surface area is 135 Å². The van der Waals surface area contributed by atoms with Crippen LogP contribution >= 0.6 is 0 Å². The number of aromatic nitrogens is 3. The van der Waals surface area contributed by atoms with Gasteiger partial charge in [0.25, 0.3) is 5.56 Å². The van der Waals surface area contributed by atoms with E-state index in [2.05, 4.69) is 15.0 Å². The second kappa shape index (κ2) is 6.23. The van der Waals surface area contributed by atoms with Crippen LogP contribution in [0.5, 0.6) is 0 Å². The van der Waals surface area contributed by atoms with Gasteiger partial charge in [-0.1, -0.05) is 0 Å². The third-order valence-corrected chi connectivity index (χ3v) is 3.68. The van der Waals surface area contributed by atoms with Gasteiger partial charge < -0.3 is 14.6 Å². The molecule has 24 heavy (non-hydrogen) atoms. The molecule has 0 radical (unpaired) electrons. The Balaban J connectivity index is 1.79. The molecule has 3 rings (SSSR count). The number of ether oxygens (including phenoxy) is 1. The van der Waals surface area contributed by atoms with E-state index in [9.17, 15) is 18.0 Å². The van der Waals surface area contributed by atoms with E-state index in [1.54, 1.807) is 6.92 Å². The molecule has 1 saturated heterocycles. The van der Waals surface area contributed by atoms with Crippen molar-refractivity contribution in [2.24, 2.45) is 0 Å². The van der Waals surface area contributed by atoms with Crippen LogP contribution in [-0.2, 0) is 10.9 Å². The van der Waals surface area contributed by atoms with Gasteiger partial charge in [-0.05, 0) is 19.1 Å². The summed E-state index contributed by atoms with van der Waals surface area (Å²) in [5.74, 6) is 0.906. The van der Waals surface area contributed by atoms with E-state index < -0.39 is 17.8 Å². The maximum atomic E-state index is 12.6. The minimum atomic E-state index is -4.41. The molecular formula is C15H15F3N4O2. The highest BCUT2D eigenvalue weighted by molar-refractivity contribution is 5.40. The molecule has 0 bridgehead atoms. The molecule has 0 spiro atoms. The summed E-state index contributed by atoms with van der Waals surface area (Å²) < 4.78 is 43.5. The molecule has 1 fully saturated rings. The van der Waals surface area contributed by atoms with Gasteiger partial charge in [0.1, 0.15) is 17.7 Å². The molecule has 0 saturated carbocycles. The number of rotatable bonds is 2. The molecule has 3 heterocycles. The van der Waals surface area contributed by atoms with Gasteiger partial charge in [0.05, 0.1) is 24.4 Å². The summed E-state index contributed by atoms with van der Waals surface area (Å²) in [6, 6.07) is 3.70. The number of hydrogen-bond acceptors (Lipinski definition) is 5. The summed E-state index contributed by atoms with van der Waals surface area (Å²) >= 11 is 0. The van der Waals surface area contributed by atoms with Crippen molar-refractivity contribution in [3.05, 3.63) is 51.8 Å². The Bertz CT molecular complexity index is 774. The quantitative estimate of drug-likeness (QED) is 0.906. The fraction of sp³-hybridized carbons (Fsp3) is 0.400. The standard InChI is InChI=1S/C15H15F3N4O2/c1-9-20-11(6-14(23)21-9)12-8-22(4-5-24-12)13-3-2-10(7-19-13)15(16,17)18/h2-3,6-7,12H,4-5,8H2,1H3,(H,20,21,23). The fourth-order valence-electron chi connectivity index (χ4n) is 2.54. The second-order valence-corrected chi connectivity index (χ2v) is 5.46. The summed E-state index contributed by atoms with van der Waals surface area (Å²) in [6.07, 6.45) is -4.04. The first-order valence-electron chi connectivity index (χ1n) is 7.30. The first-order valence-corrected chi connectivity index (χ1v) is 7.30. The number of hydrogen-bond donors (Lipinski definition) is 1. The van der Waals surface area contributed by atoms with Crippen molar-refractivity contribution in [2.75, 3.05) is 24.6 Å². The molecule has 1 aliphatic heterocycles. The minimum Gasteiger partial charge on any atom is -0.368 e. The molecular weight excluding hydrogens is 325 g/mol. The SMILES string of the molecule is Cc1nc(C2CN(c3ccc(C(F)(F)F)cn3)CCO2)cc(=O)[nH]1. The first-order chi connectivity index (χ1) is 11.3. The summed E-state index contributed by atoms with van der Waals surface area (Å²) in [7, 11) is 0. The summed E-state index contributed by atoms with van der Waals surface area (Å²) in [5, 5.41) is 0. The van der Waals surface area contributed by atoms with Crippen molar-refractivity contribution < 1.29 is 17.9 Å². The maximum Gasteiger partial charge on any atom is 0.417 e. The third kappa shape index (κ3) is 3.56. The van der Waals surface area contributed by atoms with Crippen LogP contribution in [0, 0.1) is 6.92 Å². The van der Waals surface area contributed by atoms with E-state index in [-0.39, 0.29) is 5.56 Å². The van der Waals surface area contributed by atoms with Crippen LogP contribution in [0.15, 0.2) is 29.2 Å². The molecule has 9 heteroatoms. The van der Waals surface area contributed by atoms with Crippen molar-refractivity contribution in [1.82, 2.24) is 15.0 Å². The molecule has 1 aliphatic rings. The lowest BCUT2D eigenvalue weighted by molar-refractivity contribution is -0.137. The number of pyridine rings is 1. The Hall–Kier alpha value is -2.42. The lowest BCUT2D eigenvalue weighted by Gasteiger charge is -2.33. The molecule has 0 aromatic carbocycles. The lowest BCUT2D eigenvalue weighted by atomic mass is 10.2.